The second-order valence-electron chi connectivity index (χ2n) is 5.96. The lowest BCUT2D eigenvalue weighted by atomic mass is 10.1. The van der Waals surface area contributed by atoms with E-state index in [1.54, 1.807) is 0 Å². The summed E-state index contributed by atoms with van der Waals surface area (Å²) in [5, 5.41) is 11.8. The van der Waals surface area contributed by atoms with E-state index in [2.05, 4.69) is 5.32 Å². The first-order valence-corrected chi connectivity index (χ1v) is 8.34. The summed E-state index contributed by atoms with van der Waals surface area (Å²) in [6, 6.07) is 17.3. The Hall–Kier alpha value is -3.15. The maximum absolute atomic E-state index is 12.5. The summed E-state index contributed by atoms with van der Waals surface area (Å²) in [5.74, 6) is -1.82. The second-order valence-corrected chi connectivity index (χ2v) is 5.96. The van der Waals surface area contributed by atoms with Crippen molar-refractivity contribution in [3.05, 3.63) is 71.8 Å². The zero-order chi connectivity index (χ0) is 18.9. The minimum atomic E-state index is -1.09. The molecule has 1 atom stereocenters. The van der Waals surface area contributed by atoms with Crippen molar-refractivity contribution in [3.63, 3.8) is 0 Å². The summed E-state index contributed by atoms with van der Waals surface area (Å²) in [6.07, 6.45) is 0.168. The Morgan fingerprint density at radius 3 is 2.04 bits per heavy atom. The first-order chi connectivity index (χ1) is 12.5. The Morgan fingerprint density at radius 1 is 0.962 bits per heavy atom. The van der Waals surface area contributed by atoms with Crippen molar-refractivity contribution in [3.8, 4) is 0 Å². The van der Waals surface area contributed by atoms with Gasteiger partial charge >= 0.3 is 5.97 Å². The maximum atomic E-state index is 12.5. The predicted molar refractivity (Wildman–Crippen MR) is 97.2 cm³/mol. The molecule has 6 heteroatoms. The predicted octanol–water partition coefficient (Wildman–Crippen LogP) is 1.85. The van der Waals surface area contributed by atoms with Gasteiger partial charge in [0, 0.05) is 6.54 Å². The molecule has 2 aromatic carbocycles. The Balaban J connectivity index is 1.97. The van der Waals surface area contributed by atoms with E-state index >= 15 is 0 Å². The summed E-state index contributed by atoms with van der Waals surface area (Å²) in [7, 11) is 0. The Morgan fingerprint density at radius 2 is 1.50 bits per heavy atom. The highest BCUT2D eigenvalue weighted by Crippen LogP contribution is 2.09. The number of aliphatic carboxylic acids is 1. The molecule has 1 unspecified atom stereocenters. The van der Waals surface area contributed by atoms with Gasteiger partial charge in [-0.05, 0) is 18.1 Å². The van der Waals surface area contributed by atoms with Crippen LogP contribution in [-0.4, -0.2) is 40.4 Å². The fraction of sp³-hybridized carbons (Fsp3) is 0.250. The summed E-state index contributed by atoms with van der Waals surface area (Å²) in [6.45, 7) is 1.38. The lowest BCUT2D eigenvalue weighted by Gasteiger charge is -2.27. The van der Waals surface area contributed by atoms with Crippen LogP contribution in [0.25, 0.3) is 0 Å². The van der Waals surface area contributed by atoms with Crippen LogP contribution in [0.3, 0.4) is 0 Å². The van der Waals surface area contributed by atoms with Gasteiger partial charge in [-0.25, -0.2) is 4.79 Å². The Bertz CT molecular complexity index is 747. The van der Waals surface area contributed by atoms with Crippen molar-refractivity contribution in [1.82, 2.24) is 10.2 Å². The third-order valence-corrected chi connectivity index (χ3v) is 3.99. The number of hydrogen-bond donors (Lipinski definition) is 2. The standard InChI is InChI=1S/C20H22N2O4/c1-15(20(25)26)22(14-17-10-6-3-7-11-17)19(24)13-21-18(23)12-16-8-4-2-5-9-16/h2-11,15H,12-14H2,1H3,(H,21,23)(H,25,26). The smallest absolute Gasteiger partial charge is 0.326 e. The van der Waals surface area contributed by atoms with Gasteiger partial charge in [-0.1, -0.05) is 60.7 Å². The van der Waals surface area contributed by atoms with Gasteiger partial charge in [0.1, 0.15) is 6.04 Å². The first kappa shape index (κ1) is 19.2. The van der Waals surface area contributed by atoms with E-state index in [4.69, 9.17) is 0 Å². The van der Waals surface area contributed by atoms with E-state index < -0.39 is 17.9 Å². The van der Waals surface area contributed by atoms with E-state index in [0.717, 1.165) is 11.1 Å². The van der Waals surface area contributed by atoms with E-state index in [1.165, 1.54) is 11.8 Å². The van der Waals surface area contributed by atoms with Crippen molar-refractivity contribution >= 4 is 17.8 Å². The van der Waals surface area contributed by atoms with Crippen molar-refractivity contribution in [1.29, 1.82) is 0 Å². The number of benzene rings is 2. The molecule has 0 saturated heterocycles. The third-order valence-electron chi connectivity index (χ3n) is 3.99. The zero-order valence-electron chi connectivity index (χ0n) is 14.6. The van der Waals surface area contributed by atoms with Gasteiger partial charge < -0.3 is 15.3 Å². The third kappa shape index (κ3) is 5.73. The second kappa shape index (κ2) is 9.36. The lowest BCUT2D eigenvalue weighted by molar-refractivity contribution is -0.149. The minimum Gasteiger partial charge on any atom is -0.480 e. The molecular weight excluding hydrogens is 332 g/mol. The van der Waals surface area contributed by atoms with Crippen LogP contribution in [0.4, 0.5) is 0 Å². The number of rotatable bonds is 8. The molecule has 2 N–H and O–H groups in total. The summed E-state index contributed by atoms with van der Waals surface area (Å²) < 4.78 is 0. The fourth-order valence-corrected chi connectivity index (χ4v) is 2.47. The lowest BCUT2D eigenvalue weighted by Crippen LogP contribution is -2.47. The van der Waals surface area contributed by atoms with Crippen molar-refractivity contribution < 1.29 is 19.5 Å². The molecule has 26 heavy (non-hydrogen) atoms. The largest absolute Gasteiger partial charge is 0.480 e. The van der Waals surface area contributed by atoms with E-state index in [9.17, 15) is 19.5 Å². The van der Waals surface area contributed by atoms with Crippen LogP contribution < -0.4 is 5.32 Å². The highest BCUT2D eigenvalue weighted by atomic mass is 16.4. The number of nitrogens with zero attached hydrogens (tertiary/aromatic N) is 1. The maximum Gasteiger partial charge on any atom is 0.326 e. The van der Waals surface area contributed by atoms with Crippen molar-refractivity contribution in [2.75, 3.05) is 6.54 Å². The van der Waals surface area contributed by atoms with Crippen LogP contribution in [0.5, 0.6) is 0 Å². The van der Waals surface area contributed by atoms with E-state index in [1.807, 2.05) is 60.7 Å². The molecule has 0 aliphatic carbocycles. The highest BCUT2D eigenvalue weighted by molar-refractivity contribution is 5.88. The summed E-state index contributed by atoms with van der Waals surface area (Å²) in [4.78, 5) is 37.1. The first-order valence-electron chi connectivity index (χ1n) is 8.34. The van der Waals surface area contributed by atoms with Gasteiger partial charge in [-0.15, -0.1) is 0 Å². The topological polar surface area (TPSA) is 86.7 Å². The van der Waals surface area contributed by atoms with Crippen LogP contribution in [0.1, 0.15) is 18.1 Å². The number of amides is 2. The van der Waals surface area contributed by atoms with Crippen LogP contribution in [0, 0.1) is 0 Å². The molecule has 0 fully saturated rings. The molecule has 0 aliphatic heterocycles. The molecule has 0 bridgehead atoms. The van der Waals surface area contributed by atoms with Gasteiger partial charge in [-0.2, -0.15) is 0 Å². The molecule has 0 radical (unpaired) electrons. The van der Waals surface area contributed by atoms with E-state index in [-0.39, 0.29) is 25.4 Å². The van der Waals surface area contributed by atoms with Crippen LogP contribution in [0.15, 0.2) is 60.7 Å². The van der Waals surface area contributed by atoms with Crippen LogP contribution in [0.2, 0.25) is 0 Å². The number of carboxylic acids is 1. The molecule has 0 spiro atoms. The number of hydrogen-bond acceptors (Lipinski definition) is 3. The number of carbonyl (C=O) groups excluding carboxylic acids is 2. The molecule has 0 heterocycles. The molecule has 136 valence electrons. The quantitative estimate of drug-likeness (QED) is 0.757. The molecular formula is C20H22N2O4. The van der Waals surface area contributed by atoms with Gasteiger partial charge in [0.05, 0.1) is 13.0 Å². The Labute approximate surface area is 152 Å². The average Bonchev–Trinajstić information content (AvgIpc) is 2.65. The molecule has 6 nitrogen and oxygen atoms in total. The normalized spacial score (nSPS) is 11.4. The SMILES string of the molecule is CC(C(=O)O)N(Cc1ccccc1)C(=O)CNC(=O)Cc1ccccc1. The number of carboxylic acid groups (broad SMARTS) is 1. The molecule has 2 amide bonds. The number of carbonyl (C=O) groups is 3. The summed E-state index contributed by atoms with van der Waals surface area (Å²) >= 11 is 0. The van der Waals surface area contributed by atoms with Crippen LogP contribution in [-0.2, 0) is 27.3 Å². The van der Waals surface area contributed by atoms with E-state index in [0.29, 0.717) is 0 Å². The Kier molecular flexibility index (Phi) is 6.91. The van der Waals surface area contributed by atoms with Gasteiger partial charge in [0.25, 0.3) is 0 Å². The monoisotopic (exact) mass is 354 g/mol. The highest BCUT2D eigenvalue weighted by Gasteiger charge is 2.25. The molecule has 0 saturated carbocycles. The molecule has 0 aromatic heterocycles. The minimum absolute atomic E-state index is 0.168. The summed E-state index contributed by atoms with van der Waals surface area (Å²) in [5.41, 5.74) is 1.67. The number of nitrogens with one attached hydrogen (secondary N) is 1. The van der Waals surface area contributed by atoms with Crippen molar-refractivity contribution in [2.45, 2.75) is 25.9 Å². The molecule has 2 aromatic rings. The fourth-order valence-electron chi connectivity index (χ4n) is 2.47. The molecule has 0 aliphatic rings. The zero-order valence-corrected chi connectivity index (χ0v) is 14.6. The molecule has 2 rings (SSSR count). The van der Waals surface area contributed by atoms with Gasteiger partial charge in [0.2, 0.25) is 11.8 Å². The van der Waals surface area contributed by atoms with Gasteiger partial charge in [-0.3, -0.25) is 9.59 Å². The van der Waals surface area contributed by atoms with Crippen LogP contribution >= 0.6 is 0 Å². The average molecular weight is 354 g/mol. The van der Waals surface area contributed by atoms with Gasteiger partial charge in [0.15, 0.2) is 0 Å². The van der Waals surface area contributed by atoms with Crippen molar-refractivity contribution in [2.24, 2.45) is 0 Å².